The molecular formula is C20H14ClF2N5O3. The number of pyridine rings is 1. The molecule has 1 aliphatic heterocycles. The first-order valence-electron chi connectivity index (χ1n) is 8.98. The summed E-state index contributed by atoms with van der Waals surface area (Å²) in [5.41, 5.74) is 0.521. The number of hydrogen-bond acceptors (Lipinski definition) is 6. The lowest BCUT2D eigenvalue weighted by Crippen LogP contribution is -2.49. The average molecular weight is 446 g/mol. The van der Waals surface area contributed by atoms with E-state index in [1.165, 1.54) is 31.4 Å². The van der Waals surface area contributed by atoms with Crippen LogP contribution in [-0.2, 0) is 4.79 Å². The number of fused-ring (bicyclic) bond motifs is 1. The molecule has 11 heteroatoms. The lowest BCUT2D eigenvalue weighted by atomic mass is 10.1. The minimum atomic E-state index is -1.10. The van der Waals surface area contributed by atoms with Crippen molar-refractivity contribution in [2.24, 2.45) is 0 Å². The summed E-state index contributed by atoms with van der Waals surface area (Å²) in [5.74, 6) is -2.48. The van der Waals surface area contributed by atoms with E-state index in [9.17, 15) is 18.4 Å². The fraction of sp³-hybridized carbons (Fsp3) is 0.150. The van der Waals surface area contributed by atoms with Gasteiger partial charge in [0.05, 0.1) is 23.1 Å². The third-order valence-corrected chi connectivity index (χ3v) is 4.78. The number of carbonyl (C=O) groups is 2. The molecule has 0 radical (unpaired) electrons. The Morgan fingerprint density at radius 2 is 2.03 bits per heavy atom. The van der Waals surface area contributed by atoms with Crippen molar-refractivity contribution in [2.45, 2.75) is 6.04 Å². The van der Waals surface area contributed by atoms with Crippen LogP contribution in [0.1, 0.15) is 10.6 Å². The van der Waals surface area contributed by atoms with Crippen LogP contribution in [0.15, 0.2) is 42.7 Å². The molecule has 158 valence electrons. The Labute approximate surface area is 179 Å². The van der Waals surface area contributed by atoms with E-state index in [1.54, 1.807) is 6.07 Å². The van der Waals surface area contributed by atoms with Crippen LogP contribution >= 0.6 is 11.6 Å². The lowest BCUT2D eigenvalue weighted by molar-refractivity contribution is -0.120. The third-order valence-electron chi connectivity index (χ3n) is 4.50. The van der Waals surface area contributed by atoms with Gasteiger partial charge in [-0.25, -0.2) is 23.7 Å². The molecule has 0 aliphatic carbocycles. The maximum Gasteiger partial charge on any atom is 0.289 e. The first kappa shape index (κ1) is 20.6. The highest BCUT2D eigenvalue weighted by Crippen LogP contribution is 2.29. The van der Waals surface area contributed by atoms with Crippen molar-refractivity contribution in [1.29, 1.82) is 0 Å². The van der Waals surface area contributed by atoms with Gasteiger partial charge in [-0.1, -0.05) is 23.7 Å². The van der Waals surface area contributed by atoms with Crippen molar-refractivity contribution in [3.8, 4) is 17.0 Å². The number of nitrogens with one attached hydrogen (secondary N) is 1. The van der Waals surface area contributed by atoms with Crippen LogP contribution in [0.3, 0.4) is 0 Å². The Balaban J connectivity index is 1.57. The largest absolute Gasteiger partial charge is 0.487 e. The first-order chi connectivity index (χ1) is 14.8. The number of amides is 2. The highest BCUT2D eigenvalue weighted by molar-refractivity contribution is 6.32. The van der Waals surface area contributed by atoms with Crippen LogP contribution in [0.2, 0.25) is 5.02 Å². The molecule has 0 bridgehead atoms. The van der Waals surface area contributed by atoms with Gasteiger partial charge in [0.2, 0.25) is 5.82 Å². The van der Waals surface area contributed by atoms with Crippen molar-refractivity contribution in [3.63, 3.8) is 0 Å². The van der Waals surface area contributed by atoms with Crippen LogP contribution in [-0.4, -0.2) is 46.5 Å². The second kappa shape index (κ2) is 8.23. The molecule has 0 unspecified atom stereocenters. The molecule has 1 atom stereocenters. The van der Waals surface area contributed by atoms with Crippen molar-refractivity contribution in [2.75, 3.05) is 18.6 Å². The van der Waals surface area contributed by atoms with Gasteiger partial charge in [0.25, 0.3) is 11.8 Å². The topological polar surface area (TPSA) is 97.3 Å². The summed E-state index contributed by atoms with van der Waals surface area (Å²) in [6.45, 7) is -0.253. The number of halogens is 3. The zero-order chi connectivity index (χ0) is 22.1. The molecule has 0 saturated heterocycles. The standard InChI is InChI=1S/C20H14ClF2N5O3/c1-28-18-15(6-12(23)7-25-18)31-9-14(20(28)30)26-19(29)17-24-8-13(21)16(27-17)10-3-2-4-11(22)5-10/h2-8,14H,9H2,1H3,(H,26,29)/t14-/m0/s1. The van der Waals surface area contributed by atoms with Gasteiger partial charge in [-0.3, -0.25) is 14.5 Å². The monoisotopic (exact) mass is 445 g/mol. The van der Waals surface area contributed by atoms with E-state index in [1.807, 2.05) is 0 Å². The summed E-state index contributed by atoms with van der Waals surface area (Å²) in [4.78, 5) is 38.5. The van der Waals surface area contributed by atoms with Crippen molar-refractivity contribution in [1.82, 2.24) is 20.3 Å². The number of ether oxygens (including phenoxy) is 1. The first-order valence-corrected chi connectivity index (χ1v) is 9.36. The minimum Gasteiger partial charge on any atom is -0.487 e. The van der Waals surface area contributed by atoms with E-state index in [4.69, 9.17) is 16.3 Å². The molecular weight excluding hydrogens is 432 g/mol. The summed E-state index contributed by atoms with van der Waals surface area (Å²) in [7, 11) is 1.43. The van der Waals surface area contributed by atoms with Gasteiger partial charge < -0.3 is 10.1 Å². The third kappa shape index (κ3) is 4.15. The van der Waals surface area contributed by atoms with Crippen molar-refractivity contribution >= 4 is 29.2 Å². The van der Waals surface area contributed by atoms with Gasteiger partial charge >= 0.3 is 0 Å². The molecule has 2 aromatic heterocycles. The van der Waals surface area contributed by atoms with Crippen LogP contribution in [0.5, 0.6) is 5.75 Å². The van der Waals surface area contributed by atoms with Gasteiger partial charge in [-0.2, -0.15) is 0 Å². The van der Waals surface area contributed by atoms with Gasteiger partial charge in [-0.05, 0) is 12.1 Å². The maximum atomic E-state index is 13.6. The normalized spacial score (nSPS) is 15.7. The summed E-state index contributed by atoms with van der Waals surface area (Å²) in [6.07, 6.45) is 2.17. The smallest absolute Gasteiger partial charge is 0.289 e. The highest BCUT2D eigenvalue weighted by Gasteiger charge is 2.32. The Hall–Kier alpha value is -3.66. The van der Waals surface area contributed by atoms with Crippen LogP contribution in [0.4, 0.5) is 14.6 Å². The molecule has 1 N–H and O–H groups in total. The number of likely N-dealkylation sites (N-methyl/N-ethyl adjacent to an activating group) is 1. The van der Waals surface area contributed by atoms with Crippen molar-refractivity contribution in [3.05, 3.63) is 65.2 Å². The second-order valence-electron chi connectivity index (χ2n) is 6.61. The minimum absolute atomic E-state index is 0.0729. The fourth-order valence-corrected chi connectivity index (χ4v) is 3.20. The maximum absolute atomic E-state index is 13.6. The number of rotatable bonds is 3. The lowest BCUT2D eigenvalue weighted by Gasteiger charge is -2.19. The van der Waals surface area contributed by atoms with Crippen LogP contribution in [0, 0.1) is 11.6 Å². The quantitative estimate of drug-likeness (QED) is 0.665. The Kier molecular flexibility index (Phi) is 5.47. The number of aromatic nitrogens is 3. The summed E-state index contributed by atoms with van der Waals surface area (Å²) in [5, 5.41) is 2.62. The predicted octanol–water partition coefficient (Wildman–Crippen LogP) is 2.62. The van der Waals surface area contributed by atoms with E-state index in [2.05, 4.69) is 20.3 Å². The molecule has 3 aromatic rings. The number of benzene rings is 1. The van der Waals surface area contributed by atoms with Gasteiger partial charge in [0.1, 0.15) is 24.3 Å². The molecule has 0 fully saturated rings. The van der Waals surface area contributed by atoms with Gasteiger partial charge in [0, 0.05) is 18.7 Å². The molecule has 1 aromatic carbocycles. The molecule has 0 spiro atoms. The molecule has 8 nitrogen and oxygen atoms in total. The number of hydrogen-bond donors (Lipinski definition) is 1. The summed E-state index contributed by atoms with van der Waals surface area (Å²) in [6, 6.07) is 5.54. The molecule has 4 rings (SSSR count). The number of carbonyl (C=O) groups excluding carboxylic acids is 2. The van der Waals surface area contributed by atoms with E-state index >= 15 is 0 Å². The van der Waals surface area contributed by atoms with Crippen LogP contribution < -0.4 is 15.0 Å². The Bertz CT molecular complexity index is 1190. The average Bonchev–Trinajstić information content (AvgIpc) is 2.86. The van der Waals surface area contributed by atoms with E-state index < -0.39 is 29.5 Å². The zero-order valence-corrected chi connectivity index (χ0v) is 16.7. The van der Waals surface area contributed by atoms with E-state index in [0.29, 0.717) is 5.56 Å². The number of nitrogens with zero attached hydrogens (tertiary/aromatic N) is 4. The second-order valence-corrected chi connectivity index (χ2v) is 7.02. The van der Waals surface area contributed by atoms with Crippen molar-refractivity contribution < 1.29 is 23.1 Å². The Morgan fingerprint density at radius 1 is 1.23 bits per heavy atom. The van der Waals surface area contributed by atoms with Gasteiger partial charge in [-0.15, -0.1) is 0 Å². The molecule has 2 amide bonds. The van der Waals surface area contributed by atoms with Crippen LogP contribution in [0.25, 0.3) is 11.3 Å². The fourth-order valence-electron chi connectivity index (χ4n) is 3.00. The molecule has 1 aliphatic rings. The predicted molar refractivity (Wildman–Crippen MR) is 107 cm³/mol. The molecule has 31 heavy (non-hydrogen) atoms. The van der Waals surface area contributed by atoms with Gasteiger partial charge in [0.15, 0.2) is 11.6 Å². The summed E-state index contributed by atoms with van der Waals surface area (Å²) < 4.78 is 32.5. The Morgan fingerprint density at radius 3 is 2.81 bits per heavy atom. The molecule has 3 heterocycles. The zero-order valence-electron chi connectivity index (χ0n) is 16.0. The van der Waals surface area contributed by atoms with E-state index in [0.717, 1.165) is 17.2 Å². The molecule has 0 saturated carbocycles. The number of anilines is 1. The summed E-state index contributed by atoms with van der Waals surface area (Å²) >= 11 is 6.11. The highest BCUT2D eigenvalue weighted by atomic mass is 35.5. The van der Waals surface area contributed by atoms with E-state index in [-0.39, 0.29) is 34.7 Å². The SMILES string of the molecule is CN1C(=O)[C@@H](NC(=O)c2ncc(Cl)c(-c3cccc(F)c3)n2)COc2cc(F)cnc21.